The second-order valence-electron chi connectivity index (χ2n) is 2.02. The second-order valence-corrected chi connectivity index (χ2v) is 5.55. The number of alkyl halides is 2. The molecule has 0 aromatic rings. The van der Waals surface area contributed by atoms with Crippen molar-refractivity contribution in [1.82, 2.24) is 0 Å². The molecule has 5 heteroatoms. The van der Waals surface area contributed by atoms with Gasteiger partial charge in [0.1, 0.15) is 0 Å². The fraction of sp³-hybridized carbons (Fsp3) is 1.00. The Morgan fingerprint density at radius 2 is 1.89 bits per heavy atom. The summed E-state index contributed by atoms with van der Waals surface area (Å²) in [6, 6.07) is 0. The van der Waals surface area contributed by atoms with Crippen LogP contribution in [0.1, 0.15) is 6.42 Å². The van der Waals surface area contributed by atoms with Crippen molar-refractivity contribution < 1.29 is 8.42 Å². The van der Waals surface area contributed by atoms with Gasteiger partial charge in [0.05, 0.1) is 11.1 Å². The summed E-state index contributed by atoms with van der Waals surface area (Å²) >= 11 is 11.0. The number of rotatable bonds is 0. The fourth-order valence-electron chi connectivity index (χ4n) is 0.745. The van der Waals surface area contributed by atoms with Gasteiger partial charge in [0.2, 0.25) is 0 Å². The highest BCUT2D eigenvalue weighted by atomic mass is 35.5. The summed E-state index contributed by atoms with van der Waals surface area (Å²) in [5, 5.41) is -0.392. The molecule has 2 atom stereocenters. The Morgan fingerprint density at radius 1 is 1.33 bits per heavy atom. The molecule has 0 bridgehead atoms. The van der Waals surface area contributed by atoms with Crippen LogP contribution in [0.25, 0.3) is 0 Å². The first kappa shape index (κ1) is 7.63. The smallest absolute Gasteiger partial charge is 0.168 e. The van der Waals surface area contributed by atoms with Gasteiger partial charge in [0.15, 0.2) is 14.5 Å². The van der Waals surface area contributed by atoms with E-state index in [0.717, 1.165) is 0 Å². The van der Waals surface area contributed by atoms with Crippen LogP contribution in [-0.4, -0.2) is 24.3 Å². The van der Waals surface area contributed by atoms with E-state index in [2.05, 4.69) is 0 Å². The van der Waals surface area contributed by atoms with Crippen molar-refractivity contribution in [2.75, 3.05) is 5.75 Å². The van der Waals surface area contributed by atoms with Crippen molar-refractivity contribution in [3.05, 3.63) is 0 Å². The van der Waals surface area contributed by atoms with Gasteiger partial charge in [0, 0.05) is 0 Å². The molecule has 1 rings (SSSR count). The monoisotopic (exact) mass is 188 g/mol. The van der Waals surface area contributed by atoms with Gasteiger partial charge in [-0.2, -0.15) is 0 Å². The Hall–Kier alpha value is 0.530. The summed E-state index contributed by atoms with van der Waals surface area (Å²) in [5.74, 6) is 0.134. The van der Waals surface area contributed by atoms with Crippen LogP contribution in [0.2, 0.25) is 0 Å². The normalized spacial score (nSPS) is 41.1. The summed E-state index contributed by atoms with van der Waals surface area (Å²) in [6.45, 7) is 0. The lowest BCUT2D eigenvalue weighted by atomic mass is 10.4. The van der Waals surface area contributed by atoms with Gasteiger partial charge in [-0.1, -0.05) is 0 Å². The molecule has 2 nitrogen and oxygen atoms in total. The van der Waals surface area contributed by atoms with Gasteiger partial charge >= 0.3 is 0 Å². The fourth-order valence-corrected chi connectivity index (χ4v) is 3.24. The van der Waals surface area contributed by atoms with E-state index >= 15 is 0 Å². The van der Waals surface area contributed by atoms with E-state index in [1.165, 1.54) is 0 Å². The van der Waals surface area contributed by atoms with Gasteiger partial charge in [-0.05, 0) is 6.42 Å². The lowest BCUT2D eigenvalue weighted by Gasteiger charge is -2.00. The highest BCUT2D eigenvalue weighted by molar-refractivity contribution is 7.93. The maximum Gasteiger partial charge on any atom is 0.168 e. The highest BCUT2D eigenvalue weighted by Gasteiger charge is 2.37. The average molecular weight is 189 g/mol. The van der Waals surface area contributed by atoms with E-state index in [1.807, 2.05) is 0 Å². The largest absolute Gasteiger partial charge is 0.227 e. The predicted octanol–water partition coefficient (Wildman–Crippen LogP) is 0.977. The first-order chi connectivity index (χ1) is 4.04. The minimum atomic E-state index is -3.04. The molecule has 1 aliphatic rings. The van der Waals surface area contributed by atoms with Crippen LogP contribution < -0.4 is 0 Å². The van der Waals surface area contributed by atoms with Gasteiger partial charge in [-0.3, -0.25) is 0 Å². The predicted molar refractivity (Wildman–Crippen MR) is 37.7 cm³/mol. The third kappa shape index (κ3) is 1.33. The molecular formula is C4H6Cl2O2S. The van der Waals surface area contributed by atoms with E-state index in [9.17, 15) is 8.42 Å². The molecule has 0 radical (unpaired) electrons. The Labute approximate surface area is 64.1 Å². The van der Waals surface area contributed by atoms with E-state index in [0.29, 0.717) is 6.42 Å². The van der Waals surface area contributed by atoms with Crippen LogP contribution in [0.3, 0.4) is 0 Å². The summed E-state index contributed by atoms with van der Waals surface area (Å²) < 4.78 is 20.6. The van der Waals surface area contributed by atoms with Crippen LogP contribution in [-0.2, 0) is 9.84 Å². The molecule has 0 unspecified atom stereocenters. The summed E-state index contributed by atoms with van der Waals surface area (Å²) in [5.41, 5.74) is 0. The molecule has 1 saturated heterocycles. The minimum Gasteiger partial charge on any atom is -0.227 e. The third-order valence-electron chi connectivity index (χ3n) is 1.31. The maximum absolute atomic E-state index is 10.8. The Balaban J connectivity index is 2.87. The Bertz CT molecular complexity index is 199. The first-order valence-corrected chi connectivity index (χ1v) is 5.12. The summed E-state index contributed by atoms with van der Waals surface area (Å²) in [6.07, 6.45) is 0.484. The Kier molecular flexibility index (Phi) is 1.94. The van der Waals surface area contributed by atoms with Crippen molar-refractivity contribution in [1.29, 1.82) is 0 Å². The zero-order valence-electron chi connectivity index (χ0n) is 4.55. The minimum absolute atomic E-state index is 0.134. The van der Waals surface area contributed by atoms with Gasteiger partial charge in [0.25, 0.3) is 0 Å². The molecule has 0 aromatic carbocycles. The SMILES string of the molecule is O=S1(=O)CC[C@H](Cl)[C@H]1Cl. The summed E-state index contributed by atoms with van der Waals surface area (Å²) in [4.78, 5) is 0. The highest BCUT2D eigenvalue weighted by Crippen LogP contribution is 2.27. The average Bonchev–Trinajstić information content (AvgIpc) is 1.97. The van der Waals surface area contributed by atoms with E-state index < -0.39 is 19.9 Å². The molecular weight excluding hydrogens is 183 g/mol. The third-order valence-corrected chi connectivity index (χ3v) is 4.99. The molecule has 1 aliphatic heterocycles. The number of sulfone groups is 1. The molecule has 1 heterocycles. The standard InChI is InChI=1S/C4H6Cl2O2S/c5-3-1-2-9(7,8)4(3)6/h3-4H,1-2H2/t3-,4-/m0/s1. The van der Waals surface area contributed by atoms with Crippen LogP contribution >= 0.6 is 23.2 Å². The van der Waals surface area contributed by atoms with Crippen LogP contribution in [0.4, 0.5) is 0 Å². The molecule has 1 fully saturated rings. The summed E-state index contributed by atoms with van der Waals surface area (Å²) in [7, 11) is -3.04. The lowest BCUT2D eigenvalue weighted by Crippen LogP contribution is -2.14. The van der Waals surface area contributed by atoms with Crippen molar-refractivity contribution in [2.24, 2.45) is 0 Å². The van der Waals surface area contributed by atoms with Gasteiger partial charge in [-0.25, -0.2) is 8.42 Å². The maximum atomic E-state index is 10.8. The lowest BCUT2D eigenvalue weighted by molar-refractivity contribution is 0.600. The van der Waals surface area contributed by atoms with Crippen molar-refractivity contribution in [2.45, 2.75) is 16.5 Å². The van der Waals surface area contributed by atoms with Crippen LogP contribution in [0, 0.1) is 0 Å². The number of halogens is 2. The van der Waals surface area contributed by atoms with Gasteiger partial charge < -0.3 is 0 Å². The second kappa shape index (κ2) is 2.29. The number of hydrogen-bond donors (Lipinski definition) is 0. The van der Waals surface area contributed by atoms with Crippen molar-refractivity contribution in [3.8, 4) is 0 Å². The van der Waals surface area contributed by atoms with Crippen LogP contribution in [0.5, 0.6) is 0 Å². The van der Waals surface area contributed by atoms with Crippen molar-refractivity contribution in [3.63, 3.8) is 0 Å². The number of hydrogen-bond acceptors (Lipinski definition) is 2. The molecule has 0 spiro atoms. The molecule has 0 aliphatic carbocycles. The molecule has 0 saturated carbocycles. The van der Waals surface area contributed by atoms with Crippen molar-refractivity contribution >= 4 is 33.0 Å². The van der Waals surface area contributed by atoms with E-state index in [-0.39, 0.29) is 5.75 Å². The molecule has 0 amide bonds. The van der Waals surface area contributed by atoms with E-state index in [1.54, 1.807) is 0 Å². The van der Waals surface area contributed by atoms with E-state index in [4.69, 9.17) is 23.2 Å². The van der Waals surface area contributed by atoms with Crippen LogP contribution in [0.15, 0.2) is 0 Å². The Morgan fingerprint density at radius 3 is 2.00 bits per heavy atom. The quantitative estimate of drug-likeness (QED) is 0.532. The molecule has 9 heavy (non-hydrogen) atoms. The zero-order chi connectivity index (χ0) is 7.07. The first-order valence-electron chi connectivity index (χ1n) is 2.54. The topological polar surface area (TPSA) is 34.1 Å². The molecule has 54 valence electrons. The molecule has 0 aromatic heterocycles. The zero-order valence-corrected chi connectivity index (χ0v) is 6.88. The van der Waals surface area contributed by atoms with Gasteiger partial charge in [-0.15, -0.1) is 23.2 Å². The molecule has 0 N–H and O–H groups in total.